The van der Waals surface area contributed by atoms with Gasteiger partial charge in [0.2, 0.25) is 0 Å². The number of nitrogens with zero attached hydrogens (tertiary/aromatic N) is 6. The molecule has 1 amide bonds. The van der Waals surface area contributed by atoms with E-state index in [4.69, 9.17) is 26.3 Å². The Morgan fingerprint density at radius 3 is 2.43 bits per heavy atom. The Bertz CT molecular complexity index is 1390. The SMILES string of the molecule is COc1ccc(-n2ncc3c(N4CCN(C(=O)c5ccccc5Cl)CC4)nc(C4CC4)nc32)cc1. The highest BCUT2D eigenvalue weighted by molar-refractivity contribution is 6.33. The topological polar surface area (TPSA) is 76.4 Å². The molecule has 2 aromatic carbocycles. The van der Waals surface area contributed by atoms with E-state index >= 15 is 0 Å². The summed E-state index contributed by atoms with van der Waals surface area (Å²) in [7, 11) is 1.65. The minimum Gasteiger partial charge on any atom is -0.497 e. The highest BCUT2D eigenvalue weighted by atomic mass is 35.5. The number of piperazine rings is 1. The van der Waals surface area contributed by atoms with Gasteiger partial charge in [0.1, 0.15) is 17.4 Å². The lowest BCUT2D eigenvalue weighted by Gasteiger charge is -2.35. The lowest BCUT2D eigenvalue weighted by Crippen LogP contribution is -2.49. The molecule has 8 nitrogen and oxygen atoms in total. The Labute approximate surface area is 208 Å². The van der Waals surface area contributed by atoms with Gasteiger partial charge in [0.25, 0.3) is 5.91 Å². The summed E-state index contributed by atoms with van der Waals surface area (Å²) in [4.78, 5) is 27.0. The molecule has 35 heavy (non-hydrogen) atoms. The second kappa shape index (κ2) is 8.85. The molecule has 0 radical (unpaired) electrons. The summed E-state index contributed by atoms with van der Waals surface area (Å²) in [5.41, 5.74) is 2.27. The van der Waals surface area contributed by atoms with E-state index in [9.17, 15) is 4.79 Å². The molecule has 4 aromatic rings. The number of rotatable bonds is 5. The van der Waals surface area contributed by atoms with E-state index in [-0.39, 0.29) is 5.91 Å². The van der Waals surface area contributed by atoms with Crippen molar-refractivity contribution in [1.29, 1.82) is 0 Å². The average molecular weight is 489 g/mol. The molecule has 2 aromatic heterocycles. The van der Waals surface area contributed by atoms with Crippen LogP contribution in [0.3, 0.4) is 0 Å². The number of carbonyl (C=O) groups excluding carboxylic acids is 1. The highest BCUT2D eigenvalue weighted by Gasteiger charge is 2.31. The molecular formula is C26H25ClN6O2. The van der Waals surface area contributed by atoms with E-state index in [0.29, 0.717) is 42.7 Å². The molecule has 9 heteroatoms. The van der Waals surface area contributed by atoms with Crippen LogP contribution in [0.5, 0.6) is 5.75 Å². The van der Waals surface area contributed by atoms with Crippen LogP contribution < -0.4 is 9.64 Å². The van der Waals surface area contributed by atoms with Crippen molar-refractivity contribution in [2.24, 2.45) is 0 Å². The second-order valence-electron chi connectivity index (χ2n) is 8.93. The summed E-state index contributed by atoms with van der Waals surface area (Å²) >= 11 is 6.26. The fraction of sp³-hybridized carbons (Fsp3) is 0.308. The van der Waals surface area contributed by atoms with E-state index in [2.05, 4.69) is 10.00 Å². The van der Waals surface area contributed by atoms with Crippen molar-refractivity contribution < 1.29 is 9.53 Å². The molecule has 6 rings (SSSR count). The normalized spacial score (nSPS) is 16.1. The van der Waals surface area contributed by atoms with Gasteiger partial charge in [-0.2, -0.15) is 5.10 Å². The molecule has 2 fully saturated rings. The van der Waals surface area contributed by atoms with E-state index < -0.39 is 0 Å². The number of methoxy groups -OCH3 is 1. The van der Waals surface area contributed by atoms with Crippen molar-refractivity contribution in [3.63, 3.8) is 0 Å². The van der Waals surface area contributed by atoms with Crippen LogP contribution in [-0.2, 0) is 0 Å². The van der Waals surface area contributed by atoms with Gasteiger partial charge in [-0.15, -0.1) is 0 Å². The lowest BCUT2D eigenvalue weighted by molar-refractivity contribution is 0.0747. The average Bonchev–Trinajstić information content (AvgIpc) is 3.67. The number of anilines is 1. The minimum absolute atomic E-state index is 0.0333. The van der Waals surface area contributed by atoms with Gasteiger partial charge in [0, 0.05) is 32.1 Å². The predicted molar refractivity (Wildman–Crippen MR) is 135 cm³/mol. The third-order valence-corrected chi connectivity index (χ3v) is 6.99. The van der Waals surface area contributed by atoms with Crippen LogP contribution in [0.4, 0.5) is 5.82 Å². The zero-order valence-corrected chi connectivity index (χ0v) is 20.1. The maximum Gasteiger partial charge on any atom is 0.255 e. The van der Waals surface area contributed by atoms with Crippen molar-refractivity contribution >= 4 is 34.4 Å². The van der Waals surface area contributed by atoms with Crippen LogP contribution in [-0.4, -0.2) is 63.8 Å². The summed E-state index contributed by atoms with van der Waals surface area (Å²) in [5, 5.41) is 6.05. The number of benzene rings is 2. The van der Waals surface area contributed by atoms with Crippen LogP contribution in [0.1, 0.15) is 34.9 Å². The van der Waals surface area contributed by atoms with Gasteiger partial charge in [0.15, 0.2) is 5.65 Å². The Kier molecular flexibility index (Phi) is 5.53. The first kappa shape index (κ1) is 21.9. The minimum atomic E-state index is -0.0333. The van der Waals surface area contributed by atoms with Gasteiger partial charge in [-0.3, -0.25) is 4.79 Å². The molecule has 0 bridgehead atoms. The summed E-state index contributed by atoms with van der Waals surface area (Å²) in [6, 6.07) is 15.0. The highest BCUT2D eigenvalue weighted by Crippen LogP contribution is 2.40. The van der Waals surface area contributed by atoms with E-state index in [1.165, 1.54) is 0 Å². The molecule has 0 atom stereocenters. The Morgan fingerprint density at radius 2 is 1.74 bits per heavy atom. The quantitative estimate of drug-likeness (QED) is 0.416. The number of amides is 1. The van der Waals surface area contributed by atoms with Gasteiger partial charge < -0.3 is 14.5 Å². The number of hydrogen-bond acceptors (Lipinski definition) is 6. The molecule has 1 aliphatic carbocycles. The Balaban J connectivity index is 1.30. The van der Waals surface area contributed by atoms with E-state index in [0.717, 1.165) is 47.0 Å². The molecule has 3 heterocycles. The van der Waals surface area contributed by atoms with Crippen molar-refractivity contribution in [2.45, 2.75) is 18.8 Å². The second-order valence-corrected chi connectivity index (χ2v) is 9.34. The largest absolute Gasteiger partial charge is 0.497 e. The maximum absolute atomic E-state index is 13.0. The zero-order valence-electron chi connectivity index (χ0n) is 19.4. The monoisotopic (exact) mass is 488 g/mol. The molecule has 1 aliphatic heterocycles. The van der Waals surface area contributed by atoms with Crippen molar-refractivity contribution in [1.82, 2.24) is 24.6 Å². The summed E-state index contributed by atoms with van der Waals surface area (Å²) < 4.78 is 7.16. The summed E-state index contributed by atoms with van der Waals surface area (Å²) in [6.45, 7) is 2.56. The standard InChI is InChI=1S/C26H25ClN6O2/c1-35-19-10-8-18(9-11-19)33-25-21(16-28-33)24(29-23(30-25)17-6-7-17)31-12-14-32(15-13-31)26(34)20-4-2-3-5-22(20)27/h2-5,8-11,16-17H,6-7,12-15H2,1H3. The first-order valence-corrected chi connectivity index (χ1v) is 12.2. The number of hydrogen-bond donors (Lipinski definition) is 0. The van der Waals surface area contributed by atoms with Gasteiger partial charge in [-0.1, -0.05) is 23.7 Å². The van der Waals surface area contributed by atoms with Crippen LogP contribution >= 0.6 is 11.6 Å². The predicted octanol–water partition coefficient (Wildman–Crippen LogP) is 4.32. The van der Waals surface area contributed by atoms with Gasteiger partial charge in [-0.25, -0.2) is 14.6 Å². The zero-order chi connectivity index (χ0) is 23.9. The number of halogens is 1. The molecule has 2 aliphatic rings. The lowest BCUT2D eigenvalue weighted by atomic mass is 10.1. The fourth-order valence-electron chi connectivity index (χ4n) is 4.51. The molecule has 1 saturated carbocycles. The van der Waals surface area contributed by atoms with Crippen LogP contribution in [0.25, 0.3) is 16.7 Å². The molecule has 0 N–H and O–H groups in total. The summed E-state index contributed by atoms with van der Waals surface area (Å²) in [5.74, 6) is 2.93. The Morgan fingerprint density at radius 1 is 1.00 bits per heavy atom. The maximum atomic E-state index is 13.0. The van der Waals surface area contributed by atoms with Crippen LogP contribution in [0.15, 0.2) is 54.7 Å². The van der Waals surface area contributed by atoms with Gasteiger partial charge >= 0.3 is 0 Å². The molecule has 1 saturated heterocycles. The number of ether oxygens (including phenoxy) is 1. The summed E-state index contributed by atoms with van der Waals surface area (Å²) in [6.07, 6.45) is 4.07. The van der Waals surface area contributed by atoms with Crippen molar-refractivity contribution in [3.05, 3.63) is 71.1 Å². The van der Waals surface area contributed by atoms with Crippen molar-refractivity contribution in [3.8, 4) is 11.4 Å². The van der Waals surface area contributed by atoms with Gasteiger partial charge in [-0.05, 0) is 49.2 Å². The first-order valence-electron chi connectivity index (χ1n) is 11.8. The number of aromatic nitrogens is 4. The third kappa shape index (κ3) is 4.08. The molecule has 178 valence electrons. The van der Waals surface area contributed by atoms with Gasteiger partial charge in [0.05, 0.1) is 35.0 Å². The fourth-order valence-corrected chi connectivity index (χ4v) is 4.73. The van der Waals surface area contributed by atoms with Crippen LogP contribution in [0.2, 0.25) is 5.02 Å². The Hall–Kier alpha value is -3.65. The van der Waals surface area contributed by atoms with E-state index in [1.807, 2.05) is 52.2 Å². The third-order valence-electron chi connectivity index (χ3n) is 6.66. The molecule has 0 spiro atoms. The number of carbonyl (C=O) groups is 1. The van der Waals surface area contributed by atoms with E-state index in [1.54, 1.807) is 19.2 Å². The smallest absolute Gasteiger partial charge is 0.255 e. The number of fused-ring (bicyclic) bond motifs is 1. The van der Waals surface area contributed by atoms with Crippen LogP contribution in [0, 0.1) is 0 Å². The molecular weight excluding hydrogens is 464 g/mol. The first-order chi connectivity index (χ1) is 17.1. The molecule has 0 unspecified atom stereocenters. The van der Waals surface area contributed by atoms with Crippen molar-refractivity contribution in [2.75, 3.05) is 38.2 Å².